The van der Waals surface area contributed by atoms with Gasteiger partial charge in [-0.2, -0.15) is 0 Å². The number of hydrogen-bond acceptors (Lipinski definition) is 5. The highest BCUT2D eigenvalue weighted by atomic mass is 16.4. The minimum absolute atomic E-state index is 0.145. The van der Waals surface area contributed by atoms with Crippen LogP contribution in [0.4, 0.5) is 4.79 Å². The highest BCUT2D eigenvalue weighted by molar-refractivity contribution is 6.44. The molecule has 0 spiro atoms. The molecule has 7 heteroatoms. The molecule has 2 aromatic rings. The van der Waals surface area contributed by atoms with Gasteiger partial charge in [0.2, 0.25) is 5.89 Å². The van der Waals surface area contributed by atoms with Crippen molar-refractivity contribution >= 4 is 17.8 Å². The van der Waals surface area contributed by atoms with Gasteiger partial charge in [0.05, 0.1) is 6.20 Å². The SMILES string of the molecule is C[C@H]1CCCC[C@@H]1N1C(=O)C(=O)N(Cc2ncc(-c3ccccc3)o2)C1=O. The Morgan fingerprint density at radius 1 is 1.07 bits per heavy atom. The third-order valence-electron chi connectivity index (χ3n) is 5.39. The Bertz CT molecular complexity index is 876. The molecule has 2 heterocycles. The summed E-state index contributed by atoms with van der Waals surface area (Å²) in [7, 11) is 0. The first kappa shape index (κ1) is 17.5. The minimum Gasteiger partial charge on any atom is -0.439 e. The number of imide groups is 2. The molecule has 2 atom stereocenters. The zero-order chi connectivity index (χ0) is 19.0. The van der Waals surface area contributed by atoms with Gasteiger partial charge in [0.15, 0.2) is 5.76 Å². The lowest BCUT2D eigenvalue weighted by atomic mass is 9.85. The highest BCUT2D eigenvalue weighted by Crippen LogP contribution is 2.31. The summed E-state index contributed by atoms with van der Waals surface area (Å²) in [4.78, 5) is 43.9. The molecule has 27 heavy (non-hydrogen) atoms. The first-order chi connectivity index (χ1) is 13.1. The average Bonchev–Trinajstić information content (AvgIpc) is 3.23. The van der Waals surface area contributed by atoms with Gasteiger partial charge in [0, 0.05) is 11.6 Å². The summed E-state index contributed by atoms with van der Waals surface area (Å²) >= 11 is 0. The van der Waals surface area contributed by atoms with Crippen LogP contribution in [0.15, 0.2) is 40.9 Å². The third-order valence-corrected chi connectivity index (χ3v) is 5.39. The number of carbonyl (C=O) groups excluding carboxylic acids is 3. The van der Waals surface area contributed by atoms with E-state index in [1.807, 2.05) is 37.3 Å². The number of aromatic nitrogens is 1. The Morgan fingerprint density at radius 3 is 2.56 bits per heavy atom. The summed E-state index contributed by atoms with van der Waals surface area (Å²) in [6.07, 6.45) is 5.30. The van der Waals surface area contributed by atoms with Crippen molar-refractivity contribution in [1.29, 1.82) is 0 Å². The third kappa shape index (κ3) is 3.13. The monoisotopic (exact) mass is 367 g/mol. The molecule has 7 nitrogen and oxygen atoms in total. The quantitative estimate of drug-likeness (QED) is 0.612. The van der Waals surface area contributed by atoms with Crippen LogP contribution in [0.2, 0.25) is 0 Å². The van der Waals surface area contributed by atoms with Crippen LogP contribution in [0.3, 0.4) is 0 Å². The second-order valence-electron chi connectivity index (χ2n) is 7.16. The molecule has 0 bridgehead atoms. The number of benzene rings is 1. The van der Waals surface area contributed by atoms with Gasteiger partial charge >= 0.3 is 17.8 Å². The molecule has 4 rings (SSSR count). The molecular formula is C20H21N3O4. The molecule has 1 aromatic heterocycles. The van der Waals surface area contributed by atoms with Crippen molar-refractivity contribution in [2.45, 2.75) is 45.2 Å². The molecule has 0 unspecified atom stereocenters. The molecule has 2 fully saturated rings. The lowest BCUT2D eigenvalue weighted by molar-refractivity contribution is -0.144. The number of amides is 4. The topological polar surface area (TPSA) is 83.7 Å². The van der Waals surface area contributed by atoms with E-state index in [0.29, 0.717) is 5.76 Å². The molecule has 0 N–H and O–H groups in total. The van der Waals surface area contributed by atoms with Crippen molar-refractivity contribution in [1.82, 2.24) is 14.8 Å². The molecule has 0 radical (unpaired) electrons. The van der Waals surface area contributed by atoms with Crippen molar-refractivity contribution in [3.63, 3.8) is 0 Å². The van der Waals surface area contributed by atoms with Gasteiger partial charge in [0.25, 0.3) is 0 Å². The fraction of sp³-hybridized carbons (Fsp3) is 0.400. The van der Waals surface area contributed by atoms with Crippen LogP contribution in [0, 0.1) is 5.92 Å². The number of hydrogen-bond donors (Lipinski definition) is 0. The zero-order valence-electron chi connectivity index (χ0n) is 15.1. The fourth-order valence-electron chi connectivity index (χ4n) is 3.89. The van der Waals surface area contributed by atoms with Crippen LogP contribution in [-0.2, 0) is 16.1 Å². The molecule has 1 aromatic carbocycles. The number of oxazole rings is 1. The predicted molar refractivity (Wildman–Crippen MR) is 96.2 cm³/mol. The Labute approximate surface area is 157 Å². The van der Waals surface area contributed by atoms with Gasteiger partial charge < -0.3 is 4.42 Å². The predicted octanol–water partition coefficient (Wildman–Crippen LogP) is 3.21. The van der Waals surface area contributed by atoms with E-state index in [9.17, 15) is 14.4 Å². The lowest BCUT2D eigenvalue weighted by Gasteiger charge is -2.33. The summed E-state index contributed by atoms with van der Waals surface area (Å²) in [6.45, 7) is 1.88. The Kier molecular flexibility index (Phi) is 4.51. The van der Waals surface area contributed by atoms with Crippen molar-refractivity contribution in [3.8, 4) is 11.3 Å². The molecular weight excluding hydrogens is 346 g/mol. The first-order valence-corrected chi connectivity index (χ1v) is 9.25. The van der Waals surface area contributed by atoms with Gasteiger partial charge in [-0.1, -0.05) is 50.1 Å². The second kappa shape index (κ2) is 6.98. The van der Waals surface area contributed by atoms with Gasteiger partial charge in [-0.05, 0) is 18.8 Å². The smallest absolute Gasteiger partial charge is 0.334 e. The average molecular weight is 367 g/mol. The molecule has 1 saturated heterocycles. The van der Waals surface area contributed by atoms with Gasteiger partial charge in [-0.3, -0.25) is 14.5 Å². The Hall–Kier alpha value is -2.96. The maximum Gasteiger partial charge on any atom is 0.334 e. The summed E-state index contributed by atoms with van der Waals surface area (Å²) in [6, 6.07) is 8.65. The molecule has 4 amide bonds. The van der Waals surface area contributed by atoms with Gasteiger partial charge in [0.1, 0.15) is 6.54 Å². The maximum atomic E-state index is 12.8. The van der Waals surface area contributed by atoms with E-state index in [2.05, 4.69) is 4.98 Å². The second-order valence-corrected chi connectivity index (χ2v) is 7.16. The molecule has 1 aliphatic heterocycles. The lowest BCUT2D eigenvalue weighted by Crippen LogP contribution is -2.46. The molecule has 140 valence electrons. The first-order valence-electron chi connectivity index (χ1n) is 9.25. The summed E-state index contributed by atoms with van der Waals surface area (Å²) in [5.41, 5.74) is 0.851. The van der Waals surface area contributed by atoms with Crippen molar-refractivity contribution in [2.75, 3.05) is 0 Å². The summed E-state index contributed by atoms with van der Waals surface area (Å²) < 4.78 is 5.68. The van der Waals surface area contributed by atoms with Crippen LogP contribution < -0.4 is 0 Å². The van der Waals surface area contributed by atoms with Crippen LogP contribution in [0.25, 0.3) is 11.3 Å². The molecule has 2 aliphatic rings. The van der Waals surface area contributed by atoms with E-state index in [4.69, 9.17) is 4.42 Å². The van der Waals surface area contributed by atoms with E-state index in [1.54, 1.807) is 6.20 Å². The van der Waals surface area contributed by atoms with Crippen LogP contribution >= 0.6 is 0 Å². The normalized spacial score (nSPS) is 23.4. The minimum atomic E-state index is -0.808. The van der Waals surface area contributed by atoms with E-state index >= 15 is 0 Å². The van der Waals surface area contributed by atoms with Crippen LogP contribution in [0.1, 0.15) is 38.5 Å². The number of urea groups is 1. The van der Waals surface area contributed by atoms with E-state index in [-0.39, 0.29) is 24.4 Å². The molecule has 1 aliphatic carbocycles. The van der Waals surface area contributed by atoms with Crippen LogP contribution in [0.5, 0.6) is 0 Å². The molecule has 1 saturated carbocycles. The largest absolute Gasteiger partial charge is 0.439 e. The van der Waals surface area contributed by atoms with E-state index in [0.717, 1.165) is 41.0 Å². The van der Waals surface area contributed by atoms with Crippen molar-refractivity contribution in [3.05, 3.63) is 42.4 Å². The van der Waals surface area contributed by atoms with E-state index in [1.165, 1.54) is 0 Å². The number of rotatable bonds is 4. The van der Waals surface area contributed by atoms with E-state index < -0.39 is 17.8 Å². The number of nitrogens with zero attached hydrogens (tertiary/aromatic N) is 3. The summed E-state index contributed by atoms with van der Waals surface area (Å²) in [5, 5.41) is 0. The highest BCUT2D eigenvalue weighted by Gasteiger charge is 2.49. The Balaban J connectivity index is 1.53. The standard InChI is InChI=1S/C20H21N3O4/c1-13-7-5-6-10-15(13)23-19(25)18(24)22(20(23)26)12-17-21-11-16(27-17)14-8-3-2-4-9-14/h2-4,8-9,11,13,15H,5-7,10,12H2,1H3/t13-,15-/m0/s1. The van der Waals surface area contributed by atoms with Crippen molar-refractivity contribution in [2.24, 2.45) is 5.92 Å². The van der Waals surface area contributed by atoms with Gasteiger partial charge in [-0.25, -0.2) is 14.7 Å². The Morgan fingerprint density at radius 2 is 1.81 bits per heavy atom. The number of carbonyl (C=O) groups is 3. The van der Waals surface area contributed by atoms with Crippen LogP contribution in [-0.4, -0.2) is 38.7 Å². The fourth-order valence-corrected chi connectivity index (χ4v) is 3.89. The summed E-state index contributed by atoms with van der Waals surface area (Å²) in [5.74, 6) is -0.577. The zero-order valence-corrected chi connectivity index (χ0v) is 15.1. The maximum absolute atomic E-state index is 12.8. The van der Waals surface area contributed by atoms with Gasteiger partial charge in [-0.15, -0.1) is 0 Å². The van der Waals surface area contributed by atoms with Crippen molar-refractivity contribution < 1.29 is 18.8 Å².